The van der Waals surface area contributed by atoms with Crippen LogP contribution in [-0.2, 0) is 0 Å². The molecule has 0 unspecified atom stereocenters. The largest absolute Gasteiger partial charge is 0.330 e. The molecule has 0 bridgehead atoms. The van der Waals surface area contributed by atoms with E-state index in [2.05, 4.69) is 71.0 Å². The first-order valence-corrected chi connectivity index (χ1v) is 8.32. The van der Waals surface area contributed by atoms with Gasteiger partial charge in [-0.2, -0.15) is 0 Å². The second kappa shape index (κ2) is 6.64. The van der Waals surface area contributed by atoms with E-state index in [4.69, 9.17) is 4.99 Å². The molecule has 0 saturated heterocycles. The standard InChI is InChI=1S/C19H30N2/c1-13(2)10-16-11-21(12-20-16)19-17(14(3)4)8-7-9-18(19)15(5)6/h7-9,12-16H,10-11H2,1-6H3/t16-/m0/s1. The average molecular weight is 286 g/mol. The molecule has 1 heterocycles. The summed E-state index contributed by atoms with van der Waals surface area (Å²) in [6.45, 7) is 14.7. The van der Waals surface area contributed by atoms with Crippen molar-refractivity contribution in [3.05, 3.63) is 29.3 Å². The molecule has 21 heavy (non-hydrogen) atoms. The third-order valence-corrected chi connectivity index (χ3v) is 4.20. The van der Waals surface area contributed by atoms with E-state index in [9.17, 15) is 0 Å². The van der Waals surface area contributed by atoms with Crippen LogP contribution in [0.4, 0.5) is 5.69 Å². The maximum atomic E-state index is 4.74. The summed E-state index contributed by atoms with van der Waals surface area (Å²) in [5, 5.41) is 0. The summed E-state index contributed by atoms with van der Waals surface area (Å²) in [7, 11) is 0. The van der Waals surface area contributed by atoms with Crippen molar-refractivity contribution in [1.82, 2.24) is 0 Å². The maximum Gasteiger partial charge on any atom is 0.0899 e. The molecule has 0 aliphatic carbocycles. The summed E-state index contributed by atoms with van der Waals surface area (Å²) in [4.78, 5) is 7.12. The van der Waals surface area contributed by atoms with E-state index >= 15 is 0 Å². The highest BCUT2D eigenvalue weighted by atomic mass is 15.2. The fraction of sp³-hybridized carbons (Fsp3) is 0.632. The Balaban J connectivity index is 2.33. The summed E-state index contributed by atoms with van der Waals surface area (Å²) in [6, 6.07) is 7.20. The lowest BCUT2D eigenvalue weighted by Gasteiger charge is -2.26. The fourth-order valence-corrected chi connectivity index (χ4v) is 3.17. The molecule has 2 nitrogen and oxygen atoms in total. The molecule has 116 valence electrons. The summed E-state index contributed by atoms with van der Waals surface area (Å²) < 4.78 is 0. The van der Waals surface area contributed by atoms with Crippen molar-refractivity contribution in [2.75, 3.05) is 11.4 Å². The Labute approximate surface area is 130 Å². The maximum absolute atomic E-state index is 4.74. The van der Waals surface area contributed by atoms with Crippen molar-refractivity contribution in [3.63, 3.8) is 0 Å². The Hall–Kier alpha value is -1.31. The van der Waals surface area contributed by atoms with E-state index in [1.807, 2.05) is 0 Å². The van der Waals surface area contributed by atoms with Crippen molar-refractivity contribution < 1.29 is 0 Å². The number of nitrogens with zero attached hydrogens (tertiary/aromatic N) is 2. The molecule has 1 aliphatic rings. The zero-order valence-corrected chi connectivity index (χ0v) is 14.4. The van der Waals surface area contributed by atoms with Crippen LogP contribution in [0.25, 0.3) is 0 Å². The number of benzene rings is 1. The van der Waals surface area contributed by atoms with E-state index in [0.29, 0.717) is 23.8 Å². The van der Waals surface area contributed by atoms with Gasteiger partial charge in [-0.15, -0.1) is 0 Å². The van der Waals surface area contributed by atoms with Gasteiger partial charge in [0.2, 0.25) is 0 Å². The molecular formula is C19H30N2. The van der Waals surface area contributed by atoms with Gasteiger partial charge in [-0.05, 0) is 35.3 Å². The van der Waals surface area contributed by atoms with Crippen LogP contribution in [-0.4, -0.2) is 18.9 Å². The topological polar surface area (TPSA) is 15.6 Å². The van der Waals surface area contributed by atoms with Crippen molar-refractivity contribution in [3.8, 4) is 0 Å². The molecule has 2 rings (SSSR count). The number of rotatable bonds is 5. The van der Waals surface area contributed by atoms with Crippen molar-refractivity contribution in [2.24, 2.45) is 10.9 Å². The molecule has 0 amide bonds. The molecule has 1 aromatic rings. The van der Waals surface area contributed by atoms with Gasteiger partial charge in [-0.25, -0.2) is 0 Å². The van der Waals surface area contributed by atoms with Gasteiger partial charge >= 0.3 is 0 Å². The van der Waals surface area contributed by atoms with E-state index in [1.54, 1.807) is 0 Å². The molecule has 0 radical (unpaired) electrons. The Morgan fingerprint density at radius 1 is 1.05 bits per heavy atom. The van der Waals surface area contributed by atoms with Gasteiger partial charge < -0.3 is 4.90 Å². The smallest absolute Gasteiger partial charge is 0.0899 e. The number of hydrogen-bond acceptors (Lipinski definition) is 2. The third-order valence-electron chi connectivity index (χ3n) is 4.20. The summed E-state index contributed by atoms with van der Waals surface area (Å²) in [6.07, 6.45) is 3.24. The summed E-state index contributed by atoms with van der Waals surface area (Å²) >= 11 is 0. The minimum absolute atomic E-state index is 0.449. The first-order valence-electron chi connectivity index (χ1n) is 8.32. The van der Waals surface area contributed by atoms with Crippen LogP contribution >= 0.6 is 0 Å². The molecule has 0 spiro atoms. The SMILES string of the molecule is CC(C)C[C@H]1CN(c2c(C(C)C)cccc2C(C)C)C=N1. The average Bonchev–Trinajstić information content (AvgIpc) is 2.84. The molecule has 0 N–H and O–H groups in total. The number of para-hydroxylation sites is 1. The second-order valence-electron chi connectivity index (χ2n) is 7.29. The van der Waals surface area contributed by atoms with Crippen LogP contribution in [0.2, 0.25) is 0 Å². The van der Waals surface area contributed by atoms with Crippen LogP contribution in [0, 0.1) is 5.92 Å². The molecule has 2 heteroatoms. The monoisotopic (exact) mass is 286 g/mol. The van der Waals surface area contributed by atoms with Gasteiger partial charge in [0.15, 0.2) is 0 Å². The van der Waals surface area contributed by atoms with Gasteiger partial charge in [-0.1, -0.05) is 59.7 Å². The second-order valence-corrected chi connectivity index (χ2v) is 7.29. The Kier molecular flexibility index (Phi) is 5.08. The Morgan fingerprint density at radius 3 is 2.10 bits per heavy atom. The number of anilines is 1. The van der Waals surface area contributed by atoms with Gasteiger partial charge in [0.05, 0.1) is 12.4 Å². The van der Waals surface area contributed by atoms with E-state index in [-0.39, 0.29) is 0 Å². The highest BCUT2D eigenvalue weighted by Gasteiger charge is 2.24. The first-order chi connectivity index (χ1) is 9.90. The zero-order valence-electron chi connectivity index (χ0n) is 14.4. The van der Waals surface area contributed by atoms with Gasteiger partial charge in [0, 0.05) is 12.2 Å². The quantitative estimate of drug-likeness (QED) is 0.726. The van der Waals surface area contributed by atoms with Crippen LogP contribution in [0.15, 0.2) is 23.2 Å². The normalized spacial score (nSPS) is 18.5. The molecular weight excluding hydrogens is 256 g/mol. The summed E-state index contributed by atoms with van der Waals surface area (Å²) in [5.41, 5.74) is 4.29. The predicted octanol–water partition coefficient (Wildman–Crippen LogP) is 5.20. The molecule has 0 fully saturated rings. The number of hydrogen-bond donors (Lipinski definition) is 0. The highest BCUT2D eigenvalue weighted by molar-refractivity contribution is 5.85. The van der Waals surface area contributed by atoms with Crippen LogP contribution in [0.1, 0.15) is 70.9 Å². The van der Waals surface area contributed by atoms with Crippen LogP contribution in [0.5, 0.6) is 0 Å². The van der Waals surface area contributed by atoms with Crippen molar-refractivity contribution in [2.45, 2.75) is 65.8 Å². The molecule has 0 aromatic heterocycles. The van der Waals surface area contributed by atoms with E-state index in [0.717, 1.165) is 6.54 Å². The molecule has 0 saturated carbocycles. The lowest BCUT2D eigenvalue weighted by Crippen LogP contribution is -2.26. The van der Waals surface area contributed by atoms with Gasteiger partial charge in [-0.3, -0.25) is 4.99 Å². The molecule has 1 aliphatic heterocycles. The minimum Gasteiger partial charge on any atom is -0.330 e. The lowest BCUT2D eigenvalue weighted by molar-refractivity contribution is 0.514. The van der Waals surface area contributed by atoms with E-state index < -0.39 is 0 Å². The Morgan fingerprint density at radius 2 is 1.62 bits per heavy atom. The van der Waals surface area contributed by atoms with Gasteiger partial charge in [0.1, 0.15) is 0 Å². The summed E-state index contributed by atoms with van der Waals surface area (Å²) in [5.74, 6) is 1.78. The Bertz CT molecular complexity index is 474. The van der Waals surface area contributed by atoms with Gasteiger partial charge in [0.25, 0.3) is 0 Å². The predicted molar refractivity (Wildman–Crippen MR) is 93.7 cm³/mol. The van der Waals surface area contributed by atoms with E-state index in [1.165, 1.54) is 23.2 Å². The van der Waals surface area contributed by atoms with Crippen molar-refractivity contribution >= 4 is 12.0 Å². The zero-order chi connectivity index (χ0) is 15.6. The lowest BCUT2D eigenvalue weighted by atomic mass is 9.92. The molecule has 1 atom stereocenters. The van der Waals surface area contributed by atoms with Crippen LogP contribution in [0.3, 0.4) is 0 Å². The fourth-order valence-electron chi connectivity index (χ4n) is 3.17. The number of aliphatic imine (C=N–C) groups is 1. The minimum atomic E-state index is 0.449. The van der Waals surface area contributed by atoms with Crippen LogP contribution < -0.4 is 4.90 Å². The first kappa shape index (κ1) is 16.1. The highest BCUT2D eigenvalue weighted by Crippen LogP contribution is 2.36. The van der Waals surface area contributed by atoms with Crippen molar-refractivity contribution in [1.29, 1.82) is 0 Å². The molecule has 1 aromatic carbocycles. The third kappa shape index (κ3) is 3.66.